The average molecular weight is 270 g/mol. The molecule has 0 aromatic heterocycles. The Labute approximate surface area is 114 Å². The van der Waals surface area contributed by atoms with Crippen molar-refractivity contribution in [2.75, 3.05) is 25.4 Å². The number of halogens is 1. The van der Waals surface area contributed by atoms with Gasteiger partial charge in [0.05, 0.1) is 0 Å². The van der Waals surface area contributed by atoms with Crippen LogP contribution in [0.5, 0.6) is 0 Å². The Morgan fingerprint density at radius 1 is 1.33 bits per heavy atom. The zero-order valence-electron chi connectivity index (χ0n) is 11.4. The third kappa shape index (κ3) is 4.26. The fourth-order valence-corrected chi connectivity index (χ4v) is 3.09. The molecule has 0 saturated carbocycles. The van der Waals surface area contributed by atoms with E-state index in [4.69, 9.17) is 5.73 Å². The van der Waals surface area contributed by atoms with Crippen LogP contribution in [0.2, 0.25) is 0 Å². The molecule has 1 unspecified atom stereocenters. The van der Waals surface area contributed by atoms with E-state index >= 15 is 0 Å². The predicted molar refractivity (Wildman–Crippen MR) is 77.5 cm³/mol. The summed E-state index contributed by atoms with van der Waals surface area (Å²) in [4.78, 5) is 3.33. The molecule has 2 N–H and O–H groups in total. The van der Waals surface area contributed by atoms with E-state index in [9.17, 15) is 4.39 Å². The average Bonchev–Trinajstić information content (AvgIpc) is 2.34. The molecule has 102 valence electrons. The lowest BCUT2D eigenvalue weighted by atomic mass is 10.1. The van der Waals surface area contributed by atoms with Crippen molar-refractivity contribution in [3.8, 4) is 0 Å². The lowest BCUT2D eigenvalue weighted by molar-refractivity contribution is 0.324. The maximum Gasteiger partial charge on any atom is 0.129 e. The minimum Gasteiger partial charge on any atom is -0.324 e. The van der Waals surface area contributed by atoms with Crippen LogP contribution in [-0.4, -0.2) is 30.3 Å². The van der Waals surface area contributed by atoms with Gasteiger partial charge in [0.15, 0.2) is 0 Å². The van der Waals surface area contributed by atoms with Gasteiger partial charge < -0.3 is 10.6 Å². The molecule has 0 spiro atoms. The van der Waals surface area contributed by atoms with E-state index in [1.807, 2.05) is 13.0 Å². The van der Waals surface area contributed by atoms with Crippen LogP contribution in [0.25, 0.3) is 0 Å². The zero-order valence-corrected chi connectivity index (χ0v) is 12.3. The molecule has 1 aromatic rings. The molecule has 0 bridgehead atoms. The Balaban J connectivity index is 2.64. The van der Waals surface area contributed by atoms with Gasteiger partial charge in [0, 0.05) is 28.8 Å². The summed E-state index contributed by atoms with van der Waals surface area (Å²) in [5.41, 5.74) is 6.48. The van der Waals surface area contributed by atoms with Crippen molar-refractivity contribution in [1.82, 2.24) is 4.90 Å². The van der Waals surface area contributed by atoms with Crippen molar-refractivity contribution >= 4 is 11.8 Å². The molecule has 0 aliphatic rings. The SMILES string of the molecule is CCN(CC)CCSc1cccc(F)c1C(C)N. The summed E-state index contributed by atoms with van der Waals surface area (Å²) < 4.78 is 13.7. The maximum atomic E-state index is 13.7. The lowest BCUT2D eigenvalue weighted by Crippen LogP contribution is -2.25. The molecule has 0 fully saturated rings. The normalized spacial score (nSPS) is 13.0. The quantitative estimate of drug-likeness (QED) is 0.771. The van der Waals surface area contributed by atoms with Gasteiger partial charge in [-0.1, -0.05) is 19.9 Å². The summed E-state index contributed by atoms with van der Waals surface area (Å²) in [6, 6.07) is 4.92. The van der Waals surface area contributed by atoms with Crippen molar-refractivity contribution in [3.63, 3.8) is 0 Å². The van der Waals surface area contributed by atoms with Crippen molar-refractivity contribution in [3.05, 3.63) is 29.6 Å². The second kappa shape index (κ2) is 7.77. The van der Waals surface area contributed by atoms with Gasteiger partial charge in [0.25, 0.3) is 0 Å². The number of benzene rings is 1. The van der Waals surface area contributed by atoms with Crippen LogP contribution >= 0.6 is 11.8 Å². The van der Waals surface area contributed by atoms with Crippen molar-refractivity contribution in [2.24, 2.45) is 5.73 Å². The second-order valence-corrected chi connectivity index (χ2v) is 5.45. The van der Waals surface area contributed by atoms with Crippen molar-refractivity contribution in [2.45, 2.75) is 31.7 Å². The first-order valence-electron chi connectivity index (χ1n) is 6.49. The van der Waals surface area contributed by atoms with Crippen LogP contribution in [0, 0.1) is 5.82 Å². The Morgan fingerprint density at radius 2 is 2.00 bits per heavy atom. The van der Waals surface area contributed by atoms with E-state index in [0.717, 1.165) is 30.3 Å². The van der Waals surface area contributed by atoms with Gasteiger partial charge in [0.1, 0.15) is 5.82 Å². The molecule has 0 aliphatic heterocycles. The monoisotopic (exact) mass is 270 g/mol. The Kier molecular flexibility index (Phi) is 6.68. The van der Waals surface area contributed by atoms with E-state index in [1.165, 1.54) is 6.07 Å². The van der Waals surface area contributed by atoms with E-state index < -0.39 is 0 Å². The van der Waals surface area contributed by atoms with E-state index in [0.29, 0.717) is 5.56 Å². The second-order valence-electron chi connectivity index (χ2n) is 4.32. The zero-order chi connectivity index (χ0) is 13.5. The molecule has 0 saturated heterocycles. The highest BCUT2D eigenvalue weighted by molar-refractivity contribution is 7.99. The Hall–Kier alpha value is -0.580. The maximum absolute atomic E-state index is 13.7. The first-order valence-corrected chi connectivity index (χ1v) is 7.47. The third-order valence-electron chi connectivity index (χ3n) is 3.03. The molecular weight excluding hydrogens is 247 g/mol. The van der Waals surface area contributed by atoms with Crippen LogP contribution in [0.15, 0.2) is 23.1 Å². The number of thioether (sulfide) groups is 1. The highest BCUT2D eigenvalue weighted by Gasteiger charge is 2.12. The first-order chi connectivity index (χ1) is 8.60. The molecule has 2 nitrogen and oxygen atoms in total. The molecule has 1 aromatic carbocycles. The summed E-state index contributed by atoms with van der Waals surface area (Å²) in [6.07, 6.45) is 0. The van der Waals surface area contributed by atoms with Gasteiger partial charge in [-0.25, -0.2) is 4.39 Å². The van der Waals surface area contributed by atoms with Crippen molar-refractivity contribution < 1.29 is 4.39 Å². The predicted octanol–water partition coefficient (Wildman–Crippen LogP) is 3.28. The van der Waals surface area contributed by atoms with Crippen LogP contribution in [-0.2, 0) is 0 Å². The largest absolute Gasteiger partial charge is 0.324 e. The molecule has 1 atom stereocenters. The summed E-state index contributed by atoms with van der Waals surface area (Å²) in [7, 11) is 0. The number of nitrogens with zero attached hydrogens (tertiary/aromatic N) is 1. The summed E-state index contributed by atoms with van der Waals surface area (Å²) in [5.74, 6) is 0.767. The molecule has 18 heavy (non-hydrogen) atoms. The van der Waals surface area contributed by atoms with Gasteiger partial charge in [-0.3, -0.25) is 0 Å². The number of rotatable bonds is 7. The smallest absolute Gasteiger partial charge is 0.129 e. The first kappa shape index (κ1) is 15.5. The number of hydrogen-bond acceptors (Lipinski definition) is 3. The molecular formula is C14H23FN2S. The van der Waals surface area contributed by atoms with Crippen molar-refractivity contribution in [1.29, 1.82) is 0 Å². The van der Waals surface area contributed by atoms with Gasteiger partial charge >= 0.3 is 0 Å². The third-order valence-corrected chi connectivity index (χ3v) is 4.08. The van der Waals surface area contributed by atoms with E-state index in [-0.39, 0.29) is 11.9 Å². The van der Waals surface area contributed by atoms with Gasteiger partial charge in [-0.05, 0) is 32.1 Å². The van der Waals surface area contributed by atoms with Gasteiger partial charge in [-0.15, -0.1) is 11.8 Å². The fraction of sp³-hybridized carbons (Fsp3) is 0.571. The minimum atomic E-state index is -0.262. The van der Waals surface area contributed by atoms with Gasteiger partial charge in [-0.2, -0.15) is 0 Å². The van der Waals surface area contributed by atoms with Gasteiger partial charge in [0.2, 0.25) is 0 Å². The summed E-state index contributed by atoms with van der Waals surface area (Å²) in [6.45, 7) is 9.27. The molecule has 0 amide bonds. The molecule has 0 heterocycles. The lowest BCUT2D eigenvalue weighted by Gasteiger charge is -2.18. The molecule has 1 rings (SSSR count). The minimum absolute atomic E-state index is 0.196. The van der Waals surface area contributed by atoms with Crippen LogP contribution in [0.4, 0.5) is 4.39 Å². The highest BCUT2D eigenvalue weighted by Crippen LogP contribution is 2.28. The topological polar surface area (TPSA) is 29.3 Å². The van der Waals surface area contributed by atoms with E-state index in [2.05, 4.69) is 18.7 Å². The fourth-order valence-electron chi connectivity index (χ4n) is 1.91. The van der Waals surface area contributed by atoms with E-state index in [1.54, 1.807) is 17.8 Å². The number of nitrogens with two attached hydrogens (primary N) is 1. The Morgan fingerprint density at radius 3 is 2.56 bits per heavy atom. The molecule has 4 heteroatoms. The summed E-state index contributed by atoms with van der Waals surface area (Å²) in [5, 5.41) is 0. The number of hydrogen-bond donors (Lipinski definition) is 1. The van der Waals surface area contributed by atoms with Crippen LogP contribution < -0.4 is 5.73 Å². The Bertz CT molecular complexity index is 365. The summed E-state index contributed by atoms with van der Waals surface area (Å²) >= 11 is 1.69. The molecule has 0 radical (unpaired) electrons. The standard InChI is InChI=1S/C14H23FN2S/c1-4-17(5-2)9-10-18-13-8-6-7-12(15)14(13)11(3)16/h6-8,11H,4-5,9-10,16H2,1-3H3. The molecule has 0 aliphatic carbocycles. The van der Waals surface area contributed by atoms with Crippen LogP contribution in [0.3, 0.4) is 0 Å². The highest BCUT2D eigenvalue weighted by atomic mass is 32.2. The van der Waals surface area contributed by atoms with Crippen LogP contribution in [0.1, 0.15) is 32.4 Å².